The maximum atomic E-state index is 12.1. The summed E-state index contributed by atoms with van der Waals surface area (Å²) in [5.41, 5.74) is -0.396. The number of pyridine rings is 1. The van der Waals surface area contributed by atoms with Crippen molar-refractivity contribution in [2.75, 3.05) is 18.9 Å². The molecule has 0 atom stereocenters. The number of carboxylic acid groups (broad SMARTS) is 1. The van der Waals surface area contributed by atoms with Gasteiger partial charge in [-0.25, -0.2) is 23.4 Å². The first-order valence-electron chi connectivity index (χ1n) is 4.90. The van der Waals surface area contributed by atoms with E-state index >= 15 is 0 Å². The highest BCUT2D eigenvalue weighted by molar-refractivity contribution is 5.98. The molecule has 0 aromatic carbocycles. The molecule has 1 aromatic rings. The van der Waals surface area contributed by atoms with Crippen LogP contribution in [0.2, 0.25) is 0 Å². The van der Waals surface area contributed by atoms with Gasteiger partial charge in [-0.15, -0.1) is 0 Å². The number of carboxylic acids is 1. The summed E-state index contributed by atoms with van der Waals surface area (Å²) in [6.07, 6.45) is -1.41. The topological polar surface area (TPSA) is 82.5 Å². The molecule has 2 amide bonds. The van der Waals surface area contributed by atoms with Crippen LogP contribution in [0.25, 0.3) is 0 Å². The molecule has 0 saturated carbocycles. The van der Waals surface area contributed by atoms with E-state index in [0.717, 1.165) is 4.90 Å². The van der Waals surface area contributed by atoms with Gasteiger partial charge in [0.2, 0.25) is 0 Å². The summed E-state index contributed by atoms with van der Waals surface area (Å²) in [7, 11) is 1.18. The lowest BCUT2D eigenvalue weighted by atomic mass is 10.3. The molecule has 18 heavy (non-hydrogen) atoms. The number of nitrogens with one attached hydrogen (secondary N) is 1. The van der Waals surface area contributed by atoms with Gasteiger partial charge in [0.05, 0.1) is 12.2 Å². The van der Waals surface area contributed by atoms with Crippen molar-refractivity contribution in [1.82, 2.24) is 9.88 Å². The van der Waals surface area contributed by atoms with Crippen LogP contribution in [-0.2, 0) is 0 Å². The first-order valence-corrected chi connectivity index (χ1v) is 4.90. The number of hydrogen-bond donors (Lipinski definition) is 2. The lowest BCUT2D eigenvalue weighted by molar-refractivity contribution is 0.0691. The molecule has 1 heterocycles. The zero-order valence-corrected chi connectivity index (χ0v) is 9.43. The Labute approximate surface area is 101 Å². The van der Waals surface area contributed by atoms with Gasteiger partial charge in [0.15, 0.2) is 5.69 Å². The number of nitrogens with zero attached hydrogens (tertiary/aromatic N) is 2. The Kier molecular flexibility index (Phi) is 4.52. The van der Waals surface area contributed by atoms with E-state index in [4.69, 9.17) is 5.11 Å². The lowest BCUT2D eigenvalue weighted by Gasteiger charge is -2.17. The molecule has 0 saturated heterocycles. The van der Waals surface area contributed by atoms with Crippen molar-refractivity contribution in [3.05, 3.63) is 24.0 Å². The highest BCUT2D eigenvalue weighted by Gasteiger charge is 2.17. The largest absolute Gasteiger partial charge is 0.476 e. The number of aromatic carboxylic acids is 1. The third-order valence-corrected chi connectivity index (χ3v) is 2.01. The third-order valence-electron chi connectivity index (χ3n) is 2.01. The Bertz CT molecular complexity index is 454. The summed E-state index contributed by atoms with van der Waals surface area (Å²) in [5, 5.41) is 11.0. The molecular formula is C10H11F2N3O3. The van der Waals surface area contributed by atoms with Gasteiger partial charge in [0.25, 0.3) is 6.43 Å². The van der Waals surface area contributed by atoms with Crippen molar-refractivity contribution in [3.63, 3.8) is 0 Å². The fourth-order valence-electron chi connectivity index (χ4n) is 1.18. The number of amides is 2. The Morgan fingerprint density at radius 1 is 1.56 bits per heavy atom. The molecule has 8 heteroatoms. The van der Waals surface area contributed by atoms with Crippen LogP contribution >= 0.6 is 0 Å². The van der Waals surface area contributed by atoms with E-state index < -0.39 is 25.0 Å². The zero-order valence-electron chi connectivity index (χ0n) is 9.43. The summed E-state index contributed by atoms with van der Waals surface area (Å²) >= 11 is 0. The second kappa shape index (κ2) is 5.89. The molecule has 1 rings (SSSR count). The molecule has 0 aliphatic rings. The molecule has 1 aromatic heterocycles. The summed E-state index contributed by atoms with van der Waals surface area (Å²) in [6, 6.07) is 1.92. The number of alkyl halides is 2. The van der Waals surface area contributed by atoms with Gasteiger partial charge in [-0.1, -0.05) is 0 Å². The smallest absolute Gasteiger partial charge is 0.356 e. The quantitative estimate of drug-likeness (QED) is 0.858. The van der Waals surface area contributed by atoms with Crippen molar-refractivity contribution in [2.45, 2.75) is 6.43 Å². The summed E-state index contributed by atoms with van der Waals surface area (Å²) < 4.78 is 24.1. The Morgan fingerprint density at radius 2 is 2.22 bits per heavy atom. The molecule has 0 bridgehead atoms. The number of rotatable bonds is 4. The minimum absolute atomic E-state index is 0.0453. The van der Waals surface area contributed by atoms with E-state index in [1.807, 2.05) is 0 Å². The Hall–Kier alpha value is -2.25. The average Bonchev–Trinajstić information content (AvgIpc) is 2.28. The molecule has 0 radical (unpaired) electrons. The standard InChI is InChI=1S/C10H11F2N3O3/c1-15(5-7(11)12)10(18)14-6-3-2-4-13-8(6)9(16)17/h2-4,7H,5H2,1H3,(H,14,18)(H,16,17). The van der Waals surface area contributed by atoms with E-state index in [1.54, 1.807) is 0 Å². The number of carbonyl (C=O) groups is 2. The second-order valence-electron chi connectivity index (χ2n) is 3.41. The van der Waals surface area contributed by atoms with Crippen LogP contribution in [0.4, 0.5) is 19.3 Å². The van der Waals surface area contributed by atoms with E-state index in [1.165, 1.54) is 25.4 Å². The van der Waals surface area contributed by atoms with Gasteiger partial charge in [0.1, 0.15) is 0 Å². The highest BCUT2D eigenvalue weighted by Crippen LogP contribution is 2.12. The van der Waals surface area contributed by atoms with Crippen LogP contribution in [0.3, 0.4) is 0 Å². The average molecular weight is 259 g/mol. The minimum atomic E-state index is -2.66. The van der Waals surface area contributed by atoms with E-state index in [2.05, 4.69) is 10.3 Å². The monoisotopic (exact) mass is 259 g/mol. The van der Waals surface area contributed by atoms with Crippen LogP contribution in [0, 0.1) is 0 Å². The van der Waals surface area contributed by atoms with Crippen molar-refractivity contribution in [1.29, 1.82) is 0 Å². The van der Waals surface area contributed by atoms with Crippen LogP contribution in [-0.4, -0.2) is 47.0 Å². The lowest BCUT2D eigenvalue weighted by Crippen LogP contribution is -2.35. The first-order chi connectivity index (χ1) is 8.41. The molecule has 0 aliphatic heterocycles. The van der Waals surface area contributed by atoms with Crippen LogP contribution in [0.1, 0.15) is 10.5 Å². The highest BCUT2D eigenvalue weighted by atomic mass is 19.3. The predicted octanol–water partition coefficient (Wildman–Crippen LogP) is 1.51. The van der Waals surface area contributed by atoms with Crippen molar-refractivity contribution >= 4 is 17.7 Å². The molecule has 0 aliphatic carbocycles. The minimum Gasteiger partial charge on any atom is -0.476 e. The Balaban J connectivity index is 2.79. The van der Waals surface area contributed by atoms with Gasteiger partial charge in [-0.2, -0.15) is 0 Å². The van der Waals surface area contributed by atoms with Crippen LogP contribution in [0.5, 0.6) is 0 Å². The second-order valence-corrected chi connectivity index (χ2v) is 3.41. The van der Waals surface area contributed by atoms with Crippen molar-refractivity contribution in [3.8, 4) is 0 Å². The number of anilines is 1. The normalized spacial score (nSPS) is 10.2. The fourth-order valence-corrected chi connectivity index (χ4v) is 1.18. The van der Waals surface area contributed by atoms with E-state index in [0.29, 0.717) is 0 Å². The summed E-state index contributed by atoms with van der Waals surface area (Å²) in [6.45, 7) is -0.742. The van der Waals surface area contributed by atoms with Gasteiger partial charge in [-0.05, 0) is 12.1 Å². The van der Waals surface area contributed by atoms with E-state index in [9.17, 15) is 18.4 Å². The molecule has 2 N–H and O–H groups in total. The predicted molar refractivity (Wildman–Crippen MR) is 58.8 cm³/mol. The van der Waals surface area contributed by atoms with Crippen molar-refractivity contribution in [2.24, 2.45) is 0 Å². The van der Waals surface area contributed by atoms with Gasteiger partial charge in [-0.3, -0.25) is 0 Å². The van der Waals surface area contributed by atoms with Gasteiger partial charge in [0, 0.05) is 13.2 Å². The molecule has 0 unspecified atom stereocenters. The maximum Gasteiger partial charge on any atom is 0.356 e. The van der Waals surface area contributed by atoms with Crippen LogP contribution in [0.15, 0.2) is 18.3 Å². The van der Waals surface area contributed by atoms with Crippen molar-refractivity contribution < 1.29 is 23.5 Å². The Morgan fingerprint density at radius 3 is 2.78 bits per heavy atom. The number of hydrogen-bond acceptors (Lipinski definition) is 3. The molecule has 0 spiro atoms. The number of aromatic nitrogens is 1. The third kappa shape index (κ3) is 3.65. The maximum absolute atomic E-state index is 12.1. The summed E-state index contributed by atoms with van der Waals surface area (Å²) in [4.78, 5) is 26.6. The first kappa shape index (κ1) is 13.8. The molecule has 6 nitrogen and oxygen atoms in total. The number of urea groups is 1. The van der Waals surface area contributed by atoms with E-state index in [-0.39, 0.29) is 11.4 Å². The molecule has 0 fully saturated rings. The van der Waals surface area contributed by atoms with Gasteiger partial charge >= 0.3 is 12.0 Å². The zero-order chi connectivity index (χ0) is 13.7. The molecule has 98 valence electrons. The fraction of sp³-hybridized carbons (Fsp3) is 0.300. The summed E-state index contributed by atoms with van der Waals surface area (Å²) in [5.74, 6) is -1.32. The number of halogens is 2. The molecular weight excluding hydrogens is 248 g/mol. The number of carbonyl (C=O) groups excluding carboxylic acids is 1. The van der Waals surface area contributed by atoms with Gasteiger partial charge < -0.3 is 15.3 Å². The SMILES string of the molecule is CN(CC(F)F)C(=O)Nc1cccnc1C(=O)O. The van der Waals surface area contributed by atoms with Crippen LogP contribution < -0.4 is 5.32 Å².